The van der Waals surface area contributed by atoms with Crippen LogP contribution in [-0.4, -0.2) is 18.2 Å². The van der Waals surface area contributed by atoms with Crippen LogP contribution in [0.5, 0.6) is 0 Å². The van der Waals surface area contributed by atoms with Crippen molar-refractivity contribution in [3.8, 4) is 0 Å². The van der Waals surface area contributed by atoms with Crippen LogP contribution >= 0.6 is 0 Å². The molecule has 3 aromatic rings. The minimum Gasteiger partial charge on any atom is -0.376 e. The number of nitrogens with zero attached hydrogens (tertiary/aromatic N) is 1. The molecule has 0 aliphatic carbocycles. The summed E-state index contributed by atoms with van der Waals surface area (Å²) in [5.74, 6) is -0.228. The van der Waals surface area contributed by atoms with Crippen LogP contribution in [-0.2, 0) is 10.3 Å². The van der Waals surface area contributed by atoms with Gasteiger partial charge in [0.2, 0.25) is 0 Å². The van der Waals surface area contributed by atoms with Crippen LogP contribution in [0.25, 0.3) is 10.9 Å². The van der Waals surface area contributed by atoms with E-state index in [-0.39, 0.29) is 11.4 Å². The van der Waals surface area contributed by atoms with E-state index in [9.17, 15) is 4.39 Å². The molecule has 0 radical (unpaired) electrons. The molecular formula is C18H15FN2O. The van der Waals surface area contributed by atoms with Crippen molar-refractivity contribution in [3.05, 3.63) is 72.2 Å². The highest BCUT2D eigenvalue weighted by molar-refractivity contribution is 5.82. The summed E-state index contributed by atoms with van der Waals surface area (Å²) in [6, 6.07) is 16.7. The van der Waals surface area contributed by atoms with Crippen LogP contribution in [0.4, 0.5) is 10.1 Å². The van der Waals surface area contributed by atoms with Crippen LogP contribution in [0, 0.1) is 5.82 Å². The summed E-state index contributed by atoms with van der Waals surface area (Å²) in [5, 5.41) is 4.64. The highest BCUT2D eigenvalue weighted by Crippen LogP contribution is 2.34. The zero-order valence-corrected chi connectivity index (χ0v) is 11.9. The van der Waals surface area contributed by atoms with Gasteiger partial charge in [-0.1, -0.05) is 24.3 Å². The van der Waals surface area contributed by atoms with E-state index in [4.69, 9.17) is 4.74 Å². The van der Waals surface area contributed by atoms with Crippen molar-refractivity contribution < 1.29 is 9.13 Å². The van der Waals surface area contributed by atoms with Crippen molar-refractivity contribution in [2.75, 3.05) is 18.5 Å². The first kappa shape index (κ1) is 13.2. The summed E-state index contributed by atoms with van der Waals surface area (Å²) in [5.41, 5.74) is 2.66. The lowest BCUT2D eigenvalue weighted by Gasteiger charge is -2.43. The first-order valence-electron chi connectivity index (χ1n) is 7.22. The highest BCUT2D eigenvalue weighted by Gasteiger charge is 2.40. The second-order valence-corrected chi connectivity index (χ2v) is 5.62. The van der Waals surface area contributed by atoms with E-state index in [1.165, 1.54) is 12.1 Å². The molecule has 0 unspecified atom stereocenters. The fraction of sp³-hybridized carbons (Fsp3) is 0.167. The van der Waals surface area contributed by atoms with Crippen LogP contribution in [0.15, 0.2) is 60.8 Å². The molecular weight excluding hydrogens is 279 g/mol. The third-order valence-corrected chi connectivity index (χ3v) is 4.08. The smallest absolute Gasteiger partial charge is 0.123 e. The average Bonchev–Trinajstić information content (AvgIpc) is 2.52. The Hall–Kier alpha value is -2.46. The fourth-order valence-corrected chi connectivity index (χ4v) is 2.81. The topological polar surface area (TPSA) is 34.2 Å². The normalized spacial score (nSPS) is 16.2. The number of hydrogen-bond acceptors (Lipinski definition) is 3. The Morgan fingerprint density at radius 3 is 2.59 bits per heavy atom. The molecule has 0 atom stereocenters. The van der Waals surface area contributed by atoms with Gasteiger partial charge in [-0.2, -0.15) is 0 Å². The van der Waals surface area contributed by atoms with Gasteiger partial charge >= 0.3 is 0 Å². The Morgan fingerprint density at radius 2 is 1.86 bits per heavy atom. The molecule has 0 amide bonds. The van der Waals surface area contributed by atoms with Crippen molar-refractivity contribution >= 4 is 16.6 Å². The maximum atomic E-state index is 13.1. The third kappa shape index (κ3) is 2.22. The predicted molar refractivity (Wildman–Crippen MR) is 84.3 cm³/mol. The second-order valence-electron chi connectivity index (χ2n) is 5.62. The summed E-state index contributed by atoms with van der Waals surface area (Å²) >= 11 is 0. The molecule has 1 saturated heterocycles. The van der Waals surface area contributed by atoms with Crippen LogP contribution in [0.2, 0.25) is 0 Å². The lowest BCUT2D eigenvalue weighted by molar-refractivity contribution is -0.0447. The molecule has 0 bridgehead atoms. The quantitative estimate of drug-likeness (QED) is 0.799. The van der Waals surface area contributed by atoms with Gasteiger partial charge in [-0.15, -0.1) is 0 Å². The number of pyridine rings is 1. The van der Waals surface area contributed by atoms with Crippen LogP contribution in [0.1, 0.15) is 5.56 Å². The molecule has 1 fully saturated rings. The van der Waals surface area contributed by atoms with E-state index >= 15 is 0 Å². The van der Waals surface area contributed by atoms with E-state index in [0.29, 0.717) is 13.2 Å². The van der Waals surface area contributed by atoms with Crippen molar-refractivity contribution in [1.29, 1.82) is 0 Å². The van der Waals surface area contributed by atoms with E-state index in [1.807, 2.05) is 42.5 Å². The Labute approximate surface area is 127 Å². The first-order valence-corrected chi connectivity index (χ1v) is 7.22. The van der Waals surface area contributed by atoms with Crippen molar-refractivity contribution in [3.63, 3.8) is 0 Å². The lowest BCUT2D eigenvalue weighted by atomic mass is 9.87. The largest absolute Gasteiger partial charge is 0.376 e. The molecule has 1 aliphatic rings. The van der Waals surface area contributed by atoms with E-state index in [0.717, 1.165) is 22.2 Å². The van der Waals surface area contributed by atoms with Gasteiger partial charge in [0.1, 0.15) is 11.4 Å². The average molecular weight is 294 g/mol. The van der Waals surface area contributed by atoms with Gasteiger partial charge in [0.05, 0.1) is 18.7 Å². The predicted octanol–water partition coefficient (Wildman–Crippen LogP) is 3.71. The number of aromatic nitrogens is 1. The summed E-state index contributed by atoms with van der Waals surface area (Å²) in [6.45, 7) is 1.14. The van der Waals surface area contributed by atoms with Gasteiger partial charge in [0.25, 0.3) is 0 Å². The second kappa shape index (κ2) is 5.07. The number of fused-ring (bicyclic) bond motifs is 1. The molecule has 1 N–H and O–H groups in total. The zero-order valence-electron chi connectivity index (χ0n) is 11.9. The fourth-order valence-electron chi connectivity index (χ4n) is 2.81. The number of ether oxygens (including phenoxy) is 1. The van der Waals surface area contributed by atoms with Gasteiger partial charge in [0.15, 0.2) is 0 Å². The number of rotatable bonds is 3. The monoisotopic (exact) mass is 294 g/mol. The summed E-state index contributed by atoms with van der Waals surface area (Å²) in [7, 11) is 0. The van der Waals surface area contributed by atoms with Crippen LogP contribution < -0.4 is 5.32 Å². The number of nitrogens with one attached hydrogen (secondary N) is 1. The SMILES string of the molecule is Fc1ccc(C2(Nc3ccc4cccnc4c3)COC2)cc1. The van der Waals surface area contributed by atoms with Gasteiger partial charge < -0.3 is 10.1 Å². The van der Waals surface area contributed by atoms with Crippen molar-refractivity contribution in [2.45, 2.75) is 5.54 Å². The molecule has 3 nitrogen and oxygen atoms in total. The Balaban J connectivity index is 1.68. The summed E-state index contributed by atoms with van der Waals surface area (Å²) in [6.07, 6.45) is 1.79. The van der Waals surface area contributed by atoms with Gasteiger partial charge in [-0.25, -0.2) is 4.39 Å². The Bertz CT molecular complexity index is 813. The Morgan fingerprint density at radius 1 is 1.05 bits per heavy atom. The molecule has 1 aliphatic heterocycles. The molecule has 2 aromatic carbocycles. The third-order valence-electron chi connectivity index (χ3n) is 4.08. The van der Waals surface area contributed by atoms with Gasteiger partial charge in [-0.3, -0.25) is 4.98 Å². The summed E-state index contributed by atoms with van der Waals surface area (Å²) < 4.78 is 18.5. The standard InChI is InChI=1S/C18H15FN2O/c19-15-6-4-14(5-7-15)18(11-22-12-18)21-16-8-3-13-2-1-9-20-17(13)10-16/h1-10,21H,11-12H2. The van der Waals surface area contributed by atoms with Gasteiger partial charge in [-0.05, 0) is 35.9 Å². The first-order chi connectivity index (χ1) is 10.8. The minimum atomic E-state index is -0.295. The van der Waals surface area contributed by atoms with E-state index in [2.05, 4.69) is 10.3 Å². The van der Waals surface area contributed by atoms with E-state index < -0.39 is 0 Å². The molecule has 4 rings (SSSR count). The minimum absolute atomic E-state index is 0.228. The lowest BCUT2D eigenvalue weighted by Crippen LogP contribution is -2.52. The van der Waals surface area contributed by atoms with Gasteiger partial charge in [0, 0.05) is 17.3 Å². The number of benzene rings is 2. The maximum absolute atomic E-state index is 13.1. The van der Waals surface area contributed by atoms with Crippen LogP contribution in [0.3, 0.4) is 0 Å². The molecule has 110 valence electrons. The van der Waals surface area contributed by atoms with Crippen molar-refractivity contribution in [1.82, 2.24) is 4.98 Å². The molecule has 0 saturated carbocycles. The van der Waals surface area contributed by atoms with E-state index in [1.54, 1.807) is 6.20 Å². The molecule has 22 heavy (non-hydrogen) atoms. The van der Waals surface area contributed by atoms with Crippen molar-refractivity contribution in [2.24, 2.45) is 0 Å². The highest BCUT2D eigenvalue weighted by atomic mass is 19.1. The molecule has 0 spiro atoms. The maximum Gasteiger partial charge on any atom is 0.123 e. The Kier molecular flexibility index (Phi) is 3.05. The number of anilines is 1. The molecule has 1 aromatic heterocycles. The number of halogens is 1. The summed E-state index contributed by atoms with van der Waals surface area (Å²) in [4.78, 5) is 4.38. The molecule has 4 heteroatoms. The molecule has 2 heterocycles. The number of hydrogen-bond donors (Lipinski definition) is 1. The zero-order chi connectivity index (χ0) is 15.0.